The van der Waals surface area contributed by atoms with E-state index in [-0.39, 0.29) is 23.8 Å². The number of thioether (sulfide) groups is 1. The number of carbonyl (C=O) groups is 1. The van der Waals surface area contributed by atoms with E-state index in [2.05, 4.69) is 10.3 Å². The number of anilines is 1. The van der Waals surface area contributed by atoms with Gasteiger partial charge in [-0.05, 0) is 55.3 Å². The van der Waals surface area contributed by atoms with Crippen molar-refractivity contribution < 1.29 is 23.4 Å². The van der Waals surface area contributed by atoms with Crippen molar-refractivity contribution in [2.45, 2.75) is 37.4 Å². The zero-order valence-electron chi connectivity index (χ0n) is 23.0. The van der Waals surface area contributed by atoms with E-state index in [0.29, 0.717) is 50.2 Å². The molecule has 1 N–H and O–H groups in total. The highest BCUT2D eigenvalue weighted by atomic mass is 35.5. The molecule has 1 aromatic heterocycles. The number of hydrogen-bond acceptors (Lipinski definition) is 8. The van der Waals surface area contributed by atoms with Crippen LogP contribution in [0, 0.1) is 5.82 Å². The summed E-state index contributed by atoms with van der Waals surface area (Å²) in [6.45, 7) is 3.66. The zero-order valence-corrected chi connectivity index (χ0v) is 25.3. The molecule has 12 heteroatoms. The summed E-state index contributed by atoms with van der Waals surface area (Å²) >= 11 is 13.9. The second-order valence-electron chi connectivity index (χ2n) is 9.23. The second-order valence-corrected chi connectivity index (χ2v) is 11.0. The third kappa shape index (κ3) is 6.21. The van der Waals surface area contributed by atoms with Gasteiger partial charge in [0.15, 0.2) is 11.5 Å². The van der Waals surface area contributed by atoms with Gasteiger partial charge in [-0.25, -0.2) is 13.9 Å². The Morgan fingerprint density at radius 3 is 2.62 bits per heavy atom. The molecule has 1 atom stereocenters. The van der Waals surface area contributed by atoms with Crippen LogP contribution in [0.3, 0.4) is 0 Å². The number of benzene rings is 3. The number of aromatic nitrogens is 3. The zero-order chi connectivity index (χ0) is 29.8. The summed E-state index contributed by atoms with van der Waals surface area (Å²) in [6.07, 6.45) is 0. The van der Waals surface area contributed by atoms with E-state index in [1.807, 2.05) is 24.3 Å². The van der Waals surface area contributed by atoms with Gasteiger partial charge in [0.1, 0.15) is 18.5 Å². The first-order valence-corrected chi connectivity index (χ1v) is 14.8. The predicted molar refractivity (Wildman–Crippen MR) is 161 cm³/mol. The number of allylic oxidation sites excluding steroid dienone is 1. The SMILES string of the molecule is CCOC(=O)C1=C(C)Nc2nc(SCc3ccccc3Cl)nn2C1c1ccc(OCc2c(F)cccc2Cl)c(OC)c1. The van der Waals surface area contributed by atoms with Gasteiger partial charge in [-0.3, -0.25) is 0 Å². The summed E-state index contributed by atoms with van der Waals surface area (Å²) < 4.78 is 32.9. The maximum absolute atomic E-state index is 14.3. The van der Waals surface area contributed by atoms with Gasteiger partial charge in [0, 0.05) is 22.0 Å². The Morgan fingerprint density at radius 2 is 1.88 bits per heavy atom. The van der Waals surface area contributed by atoms with Crippen molar-refractivity contribution in [2.75, 3.05) is 19.0 Å². The molecule has 1 aliphatic heterocycles. The van der Waals surface area contributed by atoms with Crippen molar-refractivity contribution in [1.29, 1.82) is 0 Å². The van der Waals surface area contributed by atoms with Crippen LogP contribution in [-0.2, 0) is 21.9 Å². The molecule has 42 heavy (non-hydrogen) atoms. The van der Waals surface area contributed by atoms with Crippen LogP contribution in [0.1, 0.15) is 36.6 Å². The number of halogens is 3. The quantitative estimate of drug-likeness (QED) is 0.143. The average Bonchev–Trinajstić information content (AvgIpc) is 3.38. The Balaban J connectivity index is 1.48. The molecule has 0 fully saturated rings. The van der Waals surface area contributed by atoms with E-state index in [4.69, 9.17) is 42.5 Å². The number of nitrogens with one attached hydrogen (secondary N) is 1. The van der Waals surface area contributed by atoms with E-state index in [0.717, 1.165) is 5.56 Å². The van der Waals surface area contributed by atoms with Crippen molar-refractivity contribution in [2.24, 2.45) is 0 Å². The molecule has 1 aliphatic rings. The minimum absolute atomic E-state index is 0.0963. The highest BCUT2D eigenvalue weighted by Gasteiger charge is 2.35. The largest absolute Gasteiger partial charge is 0.493 e. The van der Waals surface area contributed by atoms with E-state index in [1.54, 1.807) is 42.8 Å². The number of nitrogens with zero attached hydrogens (tertiary/aromatic N) is 3. The van der Waals surface area contributed by atoms with Crippen LogP contribution in [0.15, 0.2) is 77.1 Å². The molecule has 8 nitrogen and oxygen atoms in total. The van der Waals surface area contributed by atoms with E-state index < -0.39 is 17.8 Å². The maximum atomic E-state index is 14.3. The van der Waals surface area contributed by atoms with E-state index in [1.165, 1.54) is 31.0 Å². The number of carbonyl (C=O) groups excluding carboxylic acids is 1. The lowest BCUT2D eigenvalue weighted by molar-refractivity contribution is -0.139. The summed E-state index contributed by atoms with van der Waals surface area (Å²) in [5, 5.41) is 9.38. The maximum Gasteiger partial charge on any atom is 0.338 e. The molecule has 218 valence electrons. The first-order chi connectivity index (χ1) is 20.3. The molecule has 0 amide bonds. The van der Waals surface area contributed by atoms with Crippen LogP contribution in [0.2, 0.25) is 10.0 Å². The number of fused-ring (bicyclic) bond motifs is 1. The molecule has 3 aromatic carbocycles. The lowest BCUT2D eigenvalue weighted by Gasteiger charge is -2.28. The van der Waals surface area contributed by atoms with Gasteiger partial charge < -0.3 is 19.5 Å². The average molecular weight is 630 g/mol. The Labute approximate surface area is 256 Å². The Bertz CT molecular complexity index is 1640. The van der Waals surface area contributed by atoms with E-state index >= 15 is 0 Å². The first kappa shape index (κ1) is 29.8. The van der Waals surface area contributed by atoms with Crippen molar-refractivity contribution >= 4 is 46.9 Å². The third-order valence-corrected chi connectivity index (χ3v) is 8.19. The summed E-state index contributed by atoms with van der Waals surface area (Å²) in [7, 11) is 1.50. The molecular weight excluding hydrogens is 602 g/mol. The van der Waals surface area contributed by atoms with Gasteiger partial charge in [-0.15, -0.1) is 5.10 Å². The fraction of sp³-hybridized carbons (Fsp3) is 0.233. The molecule has 5 rings (SSSR count). The van der Waals surface area contributed by atoms with Gasteiger partial charge in [-0.2, -0.15) is 4.98 Å². The van der Waals surface area contributed by atoms with Gasteiger partial charge in [0.2, 0.25) is 11.1 Å². The Hall–Kier alpha value is -3.73. The van der Waals surface area contributed by atoms with Gasteiger partial charge in [-0.1, -0.05) is 65.3 Å². The molecule has 0 bridgehead atoms. The third-order valence-electron chi connectivity index (χ3n) is 6.58. The van der Waals surface area contributed by atoms with Crippen molar-refractivity contribution in [1.82, 2.24) is 14.8 Å². The summed E-state index contributed by atoms with van der Waals surface area (Å²) in [5.74, 6) is 0.858. The van der Waals surface area contributed by atoms with Crippen LogP contribution in [0.5, 0.6) is 11.5 Å². The fourth-order valence-corrected chi connectivity index (χ4v) is 5.86. The fourth-order valence-electron chi connectivity index (χ4n) is 4.53. The normalized spacial score (nSPS) is 14.3. The highest BCUT2D eigenvalue weighted by Crippen LogP contribution is 2.40. The lowest BCUT2D eigenvalue weighted by atomic mass is 9.95. The minimum atomic E-state index is -0.675. The number of rotatable bonds is 10. The minimum Gasteiger partial charge on any atom is -0.493 e. The van der Waals surface area contributed by atoms with Gasteiger partial charge in [0.05, 0.1) is 24.3 Å². The van der Waals surface area contributed by atoms with Crippen molar-refractivity contribution in [3.8, 4) is 11.5 Å². The standard InChI is InChI=1S/C30H27Cl2FN4O4S/c1-4-40-28(38)26-17(2)34-29-35-30(42-16-19-8-5-6-9-21(19)31)36-37(29)27(26)18-12-13-24(25(14-18)39-3)41-15-20-22(32)10-7-11-23(20)33/h5-14,27H,4,15-16H2,1-3H3,(H,34,35,36). The smallest absolute Gasteiger partial charge is 0.338 e. The molecule has 1 unspecified atom stereocenters. The highest BCUT2D eigenvalue weighted by molar-refractivity contribution is 7.98. The van der Waals surface area contributed by atoms with E-state index in [9.17, 15) is 9.18 Å². The second kappa shape index (κ2) is 13.1. The summed E-state index contributed by atoms with van der Waals surface area (Å²) in [5.41, 5.74) is 2.85. The number of hydrogen-bond donors (Lipinski definition) is 1. The summed E-state index contributed by atoms with van der Waals surface area (Å²) in [4.78, 5) is 17.9. The topological polar surface area (TPSA) is 87.5 Å². The molecule has 0 saturated carbocycles. The van der Waals surface area contributed by atoms with Gasteiger partial charge >= 0.3 is 5.97 Å². The molecular formula is C30H27Cl2FN4O4S. The molecule has 0 spiro atoms. The predicted octanol–water partition coefficient (Wildman–Crippen LogP) is 7.46. The monoisotopic (exact) mass is 628 g/mol. The van der Waals surface area contributed by atoms with Crippen molar-refractivity contribution in [3.63, 3.8) is 0 Å². The van der Waals surface area contributed by atoms with Gasteiger partial charge in [0.25, 0.3) is 0 Å². The molecule has 2 heterocycles. The number of esters is 1. The summed E-state index contributed by atoms with van der Waals surface area (Å²) in [6, 6.07) is 16.6. The van der Waals surface area contributed by atoms with Crippen LogP contribution in [-0.4, -0.2) is 34.5 Å². The molecule has 0 aliphatic carbocycles. The van der Waals surface area contributed by atoms with Crippen LogP contribution in [0.4, 0.5) is 10.3 Å². The molecule has 4 aromatic rings. The Morgan fingerprint density at radius 1 is 1.10 bits per heavy atom. The lowest BCUT2D eigenvalue weighted by Crippen LogP contribution is -2.29. The number of ether oxygens (including phenoxy) is 3. The first-order valence-electron chi connectivity index (χ1n) is 13.0. The van der Waals surface area contributed by atoms with Crippen molar-refractivity contribution in [3.05, 3.63) is 104 Å². The Kier molecular flexibility index (Phi) is 9.25. The van der Waals surface area contributed by atoms with Crippen LogP contribution in [0.25, 0.3) is 0 Å². The van der Waals surface area contributed by atoms with Crippen LogP contribution >= 0.6 is 35.0 Å². The van der Waals surface area contributed by atoms with Crippen LogP contribution < -0.4 is 14.8 Å². The molecule has 0 radical (unpaired) electrons. The number of methoxy groups -OCH3 is 1. The molecule has 0 saturated heterocycles.